The van der Waals surface area contributed by atoms with Gasteiger partial charge in [-0.3, -0.25) is 9.59 Å². The third-order valence-electron chi connectivity index (χ3n) is 19.6. The Balaban J connectivity index is 1.84. The van der Waals surface area contributed by atoms with Crippen LogP contribution in [0.25, 0.3) is 0 Å². The third kappa shape index (κ3) is 58.3. The lowest BCUT2D eigenvalue weighted by atomic mass is 9.99. The topological polar surface area (TPSA) is 175 Å². The molecule has 0 aromatic heterocycles. The van der Waals surface area contributed by atoms with Gasteiger partial charge in [0.25, 0.3) is 0 Å². The Morgan fingerprint density at radius 1 is 0.391 bits per heavy atom. The highest BCUT2D eigenvalue weighted by Gasteiger charge is 2.44. The predicted molar refractivity (Wildman–Crippen MR) is 389 cm³/mol. The predicted octanol–water partition coefficient (Wildman–Crippen LogP) is 21.9. The number of nitrogens with one attached hydrogen (secondary N) is 1. The Hall–Kier alpha value is -1.86. The van der Waals surface area contributed by atoms with E-state index >= 15 is 0 Å². The highest BCUT2D eigenvalue weighted by molar-refractivity contribution is 5.76. The number of amides is 1. The van der Waals surface area contributed by atoms with Gasteiger partial charge in [-0.05, 0) is 44.9 Å². The molecule has 1 heterocycles. The van der Waals surface area contributed by atoms with E-state index in [-0.39, 0.29) is 18.5 Å². The first-order valence-electron chi connectivity index (χ1n) is 40.6. The summed E-state index contributed by atoms with van der Waals surface area (Å²) >= 11 is 0. The van der Waals surface area contributed by atoms with Crippen LogP contribution >= 0.6 is 0 Å². The minimum atomic E-state index is -1.57. The lowest BCUT2D eigenvalue weighted by molar-refractivity contribution is -0.302. The third-order valence-corrected chi connectivity index (χ3v) is 19.6. The number of esters is 1. The van der Waals surface area contributed by atoms with Crippen LogP contribution in [0.2, 0.25) is 0 Å². The molecule has 1 aliphatic rings. The summed E-state index contributed by atoms with van der Waals surface area (Å²) in [5.74, 6) is -0.163. The number of aliphatic hydroxyl groups is 5. The average Bonchev–Trinajstić information content (AvgIpc) is 0.959. The Kier molecular flexibility index (Phi) is 67.5. The maximum Gasteiger partial charge on any atom is 0.305 e. The van der Waals surface area contributed by atoms with Gasteiger partial charge < -0.3 is 45.1 Å². The number of ether oxygens (including phenoxy) is 3. The molecule has 0 aromatic rings. The minimum Gasteiger partial charge on any atom is -0.466 e. The maximum atomic E-state index is 13.0. The van der Waals surface area contributed by atoms with Gasteiger partial charge in [-0.1, -0.05) is 385 Å². The van der Waals surface area contributed by atoms with Crippen molar-refractivity contribution < 1.29 is 49.3 Å². The molecule has 1 amide bonds. The molecule has 1 rings (SSSR count). The van der Waals surface area contributed by atoms with E-state index in [1.807, 2.05) is 6.08 Å². The van der Waals surface area contributed by atoms with Crippen LogP contribution in [0.3, 0.4) is 0 Å². The van der Waals surface area contributed by atoms with E-state index in [2.05, 4.69) is 31.3 Å². The number of carbonyl (C=O) groups is 2. The van der Waals surface area contributed by atoms with Crippen LogP contribution in [-0.2, 0) is 23.8 Å². The number of allylic oxidation sites excluding steroid dienone is 3. The average molecular weight is 1300 g/mol. The molecule has 6 N–H and O–H groups in total. The van der Waals surface area contributed by atoms with Crippen LogP contribution in [-0.4, -0.2) is 100 Å². The number of hydrogen-bond donors (Lipinski definition) is 6. The van der Waals surface area contributed by atoms with E-state index in [9.17, 15) is 35.1 Å². The number of carbonyl (C=O) groups excluding carboxylic acids is 2. The van der Waals surface area contributed by atoms with Gasteiger partial charge >= 0.3 is 5.97 Å². The van der Waals surface area contributed by atoms with E-state index in [0.29, 0.717) is 19.4 Å². The summed E-state index contributed by atoms with van der Waals surface area (Å²) in [6, 6.07) is -0.821. The fourth-order valence-electron chi connectivity index (χ4n) is 13.2. The minimum absolute atomic E-state index is 0.0220. The highest BCUT2D eigenvalue weighted by Crippen LogP contribution is 2.24. The van der Waals surface area contributed by atoms with Crippen LogP contribution in [0.5, 0.6) is 0 Å². The van der Waals surface area contributed by atoms with E-state index in [1.54, 1.807) is 6.08 Å². The first-order chi connectivity index (χ1) is 45.2. The van der Waals surface area contributed by atoms with Crippen molar-refractivity contribution in [2.45, 2.75) is 461 Å². The van der Waals surface area contributed by atoms with E-state index < -0.39 is 49.5 Å². The molecule has 1 fully saturated rings. The normalized spacial score (nSPS) is 17.6. The fourth-order valence-corrected chi connectivity index (χ4v) is 13.2. The Labute approximate surface area is 569 Å². The Bertz CT molecular complexity index is 1580. The van der Waals surface area contributed by atoms with Crippen molar-refractivity contribution in [3.63, 3.8) is 0 Å². The van der Waals surface area contributed by atoms with Crippen molar-refractivity contribution in [1.82, 2.24) is 5.32 Å². The molecular weight excluding hydrogens is 1150 g/mol. The van der Waals surface area contributed by atoms with Crippen molar-refractivity contribution in [1.29, 1.82) is 0 Å². The van der Waals surface area contributed by atoms with E-state index in [1.165, 1.54) is 340 Å². The van der Waals surface area contributed by atoms with Gasteiger partial charge in [0, 0.05) is 12.8 Å². The monoisotopic (exact) mass is 1300 g/mol. The molecular formula is C81H155NO10. The van der Waals surface area contributed by atoms with Gasteiger partial charge in [0.05, 0.1) is 32.0 Å². The molecule has 7 atom stereocenters. The van der Waals surface area contributed by atoms with Gasteiger partial charge in [0.1, 0.15) is 24.4 Å². The zero-order valence-electron chi connectivity index (χ0n) is 60.8. The summed E-state index contributed by atoms with van der Waals surface area (Å²) in [6.07, 6.45) is 81.0. The molecule has 0 saturated carbocycles. The van der Waals surface area contributed by atoms with Gasteiger partial charge in [-0.15, -0.1) is 0 Å². The smallest absolute Gasteiger partial charge is 0.305 e. The van der Waals surface area contributed by atoms with Crippen LogP contribution in [0.15, 0.2) is 24.3 Å². The molecule has 0 aliphatic carbocycles. The van der Waals surface area contributed by atoms with Crippen molar-refractivity contribution in [2.75, 3.05) is 19.8 Å². The molecule has 0 aromatic carbocycles. The zero-order chi connectivity index (χ0) is 66.5. The Morgan fingerprint density at radius 2 is 0.707 bits per heavy atom. The zero-order valence-corrected chi connectivity index (χ0v) is 60.8. The van der Waals surface area contributed by atoms with Gasteiger partial charge in [-0.2, -0.15) is 0 Å². The first-order valence-corrected chi connectivity index (χ1v) is 40.6. The second-order valence-electron chi connectivity index (χ2n) is 28.5. The summed E-state index contributed by atoms with van der Waals surface area (Å²) in [7, 11) is 0. The number of aliphatic hydroxyl groups excluding tert-OH is 5. The van der Waals surface area contributed by atoms with E-state index in [4.69, 9.17) is 14.2 Å². The number of hydrogen-bond acceptors (Lipinski definition) is 10. The molecule has 0 radical (unpaired) electrons. The first kappa shape index (κ1) is 88.2. The van der Waals surface area contributed by atoms with Crippen molar-refractivity contribution in [3.8, 4) is 0 Å². The molecule has 1 saturated heterocycles. The standard InChI is InChI=1S/C81H155NO10/c1-3-5-7-9-11-13-15-16-42-46-49-53-57-61-65-69-77(86)90-70-66-62-58-54-50-47-44-41-39-37-35-33-31-29-27-25-23-21-19-17-18-20-22-24-26-28-30-32-34-36-38-40-43-45-48-52-56-60-64-68-76(85)82-73(72-91-81-80(89)79(88)78(87)75(71-83)92-81)74(84)67-63-59-55-51-14-12-10-8-6-4-2/h14,51,63,67,73-75,78-81,83-84,87-89H,3-13,15-50,52-62,64-66,68-72H2,1-2H3,(H,82,85)/b51-14+,67-63+. The summed E-state index contributed by atoms with van der Waals surface area (Å²) < 4.78 is 16.7. The number of unbranched alkanes of at least 4 members (excludes halogenated alkanes) is 57. The summed E-state index contributed by atoms with van der Waals surface area (Å²) in [5.41, 5.74) is 0. The van der Waals surface area contributed by atoms with Crippen LogP contribution < -0.4 is 5.32 Å². The lowest BCUT2D eigenvalue weighted by Crippen LogP contribution is -2.60. The van der Waals surface area contributed by atoms with Crippen LogP contribution in [0.4, 0.5) is 0 Å². The molecule has 0 spiro atoms. The van der Waals surface area contributed by atoms with Crippen LogP contribution in [0, 0.1) is 0 Å². The largest absolute Gasteiger partial charge is 0.466 e. The summed E-state index contributed by atoms with van der Waals surface area (Å²) in [6.45, 7) is 4.35. The van der Waals surface area contributed by atoms with Gasteiger partial charge in [-0.25, -0.2) is 0 Å². The number of rotatable bonds is 73. The van der Waals surface area contributed by atoms with Crippen molar-refractivity contribution in [3.05, 3.63) is 24.3 Å². The van der Waals surface area contributed by atoms with Crippen molar-refractivity contribution >= 4 is 11.9 Å². The molecule has 11 nitrogen and oxygen atoms in total. The van der Waals surface area contributed by atoms with Crippen LogP contribution in [0.1, 0.15) is 418 Å². The molecule has 544 valence electrons. The molecule has 92 heavy (non-hydrogen) atoms. The molecule has 1 aliphatic heterocycles. The Morgan fingerprint density at radius 3 is 1.08 bits per heavy atom. The second-order valence-corrected chi connectivity index (χ2v) is 28.5. The quantitative estimate of drug-likeness (QED) is 0.0195. The van der Waals surface area contributed by atoms with Gasteiger partial charge in [0.2, 0.25) is 5.91 Å². The SMILES string of the molecule is CCCCCC/C=C/CC/C=C/C(O)C(COC1OC(CO)C(O)C(O)C1O)NC(=O)CCCCCCCCCCCCCCCCCCCCCCCCCCCCCCCCCCCCCCCCCOC(=O)CCCCCCCCCCCCCCCCC. The molecule has 0 bridgehead atoms. The fraction of sp³-hybridized carbons (Fsp3) is 0.926. The molecule has 11 heteroatoms. The van der Waals surface area contributed by atoms with Gasteiger partial charge in [0.15, 0.2) is 6.29 Å². The molecule has 7 unspecified atom stereocenters. The lowest BCUT2D eigenvalue weighted by Gasteiger charge is -2.40. The second kappa shape index (κ2) is 70.5. The van der Waals surface area contributed by atoms with Crippen molar-refractivity contribution in [2.24, 2.45) is 0 Å². The summed E-state index contributed by atoms with van der Waals surface area (Å²) in [4.78, 5) is 25.1. The van der Waals surface area contributed by atoms with E-state index in [0.717, 1.165) is 51.4 Å². The highest BCUT2D eigenvalue weighted by atomic mass is 16.7. The maximum absolute atomic E-state index is 13.0. The summed E-state index contributed by atoms with van der Waals surface area (Å²) in [5, 5.41) is 54.4.